The second-order valence-electron chi connectivity index (χ2n) is 3.83. The van der Waals surface area contributed by atoms with E-state index < -0.39 is 0 Å². The number of carbonyl (C=O) groups excluding carboxylic acids is 1. The number of nitrogens with one attached hydrogen (secondary N) is 1. The van der Waals surface area contributed by atoms with Crippen LogP contribution in [0.1, 0.15) is 15.9 Å². The van der Waals surface area contributed by atoms with Gasteiger partial charge in [0.15, 0.2) is 0 Å². The molecule has 0 fully saturated rings. The number of benzene rings is 1. The summed E-state index contributed by atoms with van der Waals surface area (Å²) in [6, 6.07) is 4.77. The molecule has 0 radical (unpaired) electrons. The molecule has 1 rings (SSSR count). The molecule has 1 atom stereocenters. The molecule has 0 aliphatic rings. The third-order valence-corrected chi connectivity index (χ3v) is 2.47. The highest BCUT2D eigenvalue weighted by Crippen LogP contribution is 2.21. The van der Waals surface area contributed by atoms with Crippen molar-refractivity contribution >= 4 is 5.91 Å². The van der Waals surface area contributed by atoms with Crippen molar-refractivity contribution in [1.29, 1.82) is 0 Å². The van der Waals surface area contributed by atoms with Crippen LogP contribution < -0.4 is 11.1 Å². The zero-order chi connectivity index (χ0) is 12.8. The fraction of sp³-hybridized carbons (Fsp3) is 0.417. The van der Waals surface area contributed by atoms with E-state index in [1.807, 2.05) is 0 Å². The van der Waals surface area contributed by atoms with Crippen molar-refractivity contribution in [3.8, 4) is 5.75 Å². The quantitative estimate of drug-likeness (QED) is 0.693. The number of nitrogens with two attached hydrogens (primary N) is 1. The molecular weight excluding hydrogens is 220 g/mol. The Morgan fingerprint density at radius 3 is 2.88 bits per heavy atom. The summed E-state index contributed by atoms with van der Waals surface area (Å²) in [4.78, 5) is 11.9. The van der Waals surface area contributed by atoms with Crippen LogP contribution in [0.5, 0.6) is 5.75 Å². The molecule has 1 aromatic rings. The molecule has 0 aliphatic carbocycles. The zero-order valence-corrected chi connectivity index (χ0v) is 10.1. The van der Waals surface area contributed by atoms with Gasteiger partial charge in [-0.3, -0.25) is 4.79 Å². The average Bonchev–Trinajstić information content (AvgIpc) is 2.31. The second kappa shape index (κ2) is 6.22. The zero-order valence-electron chi connectivity index (χ0n) is 10.1. The Morgan fingerprint density at radius 2 is 2.29 bits per heavy atom. The van der Waals surface area contributed by atoms with Crippen LogP contribution in [-0.2, 0) is 4.74 Å². The van der Waals surface area contributed by atoms with Crippen molar-refractivity contribution in [3.63, 3.8) is 0 Å². The summed E-state index contributed by atoms with van der Waals surface area (Å²) in [5.74, 6) is -0.350. The van der Waals surface area contributed by atoms with E-state index in [0.29, 0.717) is 12.2 Å². The minimum absolute atomic E-state index is 0.00168. The van der Waals surface area contributed by atoms with Crippen LogP contribution in [0.4, 0.5) is 0 Å². The van der Waals surface area contributed by atoms with Gasteiger partial charge in [-0.15, -0.1) is 0 Å². The first-order valence-corrected chi connectivity index (χ1v) is 5.38. The van der Waals surface area contributed by atoms with Crippen molar-refractivity contribution in [1.82, 2.24) is 5.32 Å². The van der Waals surface area contributed by atoms with Gasteiger partial charge in [-0.1, -0.05) is 12.1 Å². The lowest BCUT2D eigenvalue weighted by molar-refractivity contribution is 0.0898. The number of phenolic OH excluding ortho intramolecular Hbond substituents is 1. The number of para-hydroxylation sites is 1. The molecule has 0 saturated carbocycles. The van der Waals surface area contributed by atoms with Crippen LogP contribution in [0.15, 0.2) is 18.2 Å². The number of aryl methyl sites for hydroxylation is 1. The molecule has 1 unspecified atom stereocenters. The van der Waals surface area contributed by atoms with Crippen molar-refractivity contribution in [3.05, 3.63) is 29.3 Å². The second-order valence-corrected chi connectivity index (χ2v) is 3.83. The highest BCUT2D eigenvalue weighted by atomic mass is 16.5. The first-order chi connectivity index (χ1) is 8.10. The minimum atomic E-state index is -0.348. The van der Waals surface area contributed by atoms with E-state index in [-0.39, 0.29) is 29.8 Å². The summed E-state index contributed by atoms with van der Waals surface area (Å²) < 4.78 is 4.93. The monoisotopic (exact) mass is 238 g/mol. The minimum Gasteiger partial charge on any atom is -0.507 e. The van der Waals surface area contributed by atoms with E-state index >= 15 is 0 Å². The van der Waals surface area contributed by atoms with E-state index in [4.69, 9.17) is 10.5 Å². The maximum absolute atomic E-state index is 11.9. The molecule has 0 aliphatic heterocycles. The highest BCUT2D eigenvalue weighted by Gasteiger charge is 2.16. The summed E-state index contributed by atoms with van der Waals surface area (Å²) in [7, 11) is 1.54. The van der Waals surface area contributed by atoms with E-state index in [9.17, 15) is 9.90 Å². The van der Waals surface area contributed by atoms with Crippen LogP contribution in [0.2, 0.25) is 0 Å². The Hall–Kier alpha value is -1.59. The third-order valence-electron chi connectivity index (χ3n) is 2.47. The summed E-state index contributed by atoms with van der Waals surface area (Å²) in [5.41, 5.74) is 6.41. The van der Waals surface area contributed by atoms with Crippen LogP contribution in [0.25, 0.3) is 0 Å². The lowest BCUT2D eigenvalue weighted by Crippen LogP contribution is -2.43. The number of aromatic hydroxyl groups is 1. The Kier molecular flexibility index (Phi) is 4.93. The first kappa shape index (κ1) is 13.5. The SMILES string of the molecule is COCC(CN)NC(=O)c1cccc(C)c1O. The van der Waals surface area contributed by atoms with Gasteiger partial charge in [0, 0.05) is 13.7 Å². The van der Waals surface area contributed by atoms with Crippen LogP contribution in [0, 0.1) is 6.92 Å². The van der Waals surface area contributed by atoms with Gasteiger partial charge in [0.05, 0.1) is 18.2 Å². The number of ether oxygens (including phenoxy) is 1. The summed E-state index contributed by atoms with van der Waals surface area (Å²) in [6.45, 7) is 2.36. The van der Waals surface area contributed by atoms with E-state index in [0.717, 1.165) is 0 Å². The van der Waals surface area contributed by atoms with Crippen molar-refractivity contribution < 1.29 is 14.6 Å². The van der Waals surface area contributed by atoms with Gasteiger partial charge in [-0.05, 0) is 18.6 Å². The molecule has 4 N–H and O–H groups in total. The van der Waals surface area contributed by atoms with Gasteiger partial charge < -0.3 is 20.9 Å². The molecule has 0 bridgehead atoms. The van der Waals surface area contributed by atoms with E-state index in [1.165, 1.54) is 0 Å². The van der Waals surface area contributed by atoms with E-state index in [2.05, 4.69) is 5.32 Å². The predicted molar refractivity (Wildman–Crippen MR) is 65.0 cm³/mol. The van der Waals surface area contributed by atoms with Crippen molar-refractivity contribution in [2.75, 3.05) is 20.3 Å². The number of carbonyl (C=O) groups is 1. The van der Waals surface area contributed by atoms with Crippen LogP contribution in [-0.4, -0.2) is 37.3 Å². The molecule has 94 valence electrons. The molecule has 0 spiro atoms. The standard InChI is InChI=1S/C12H18N2O3/c1-8-4-3-5-10(11(8)15)12(16)14-9(6-13)7-17-2/h3-5,9,15H,6-7,13H2,1-2H3,(H,14,16). The average molecular weight is 238 g/mol. The topological polar surface area (TPSA) is 84.6 Å². The fourth-order valence-electron chi connectivity index (χ4n) is 1.48. The van der Waals surface area contributed by atoms with E-state index in [1.54, 1.807) is 32.2 Å². The first-order valence-electron chi connectivity index (χ1n) is 5.38. The third kappa shape index (κ3) is 3.44. The van der Waals surface area contributed by atoms with Gasteiger partial charge >= 0.3 is 0 Å². The molecule has 5 heteroatoms. The van der Waals surface area contributed by atoms with Crippen molar-refractivity contribution in [2.45, 2.75) is 13.0 Å². The lowest BCUT2D eigenvalue weighted by atomic mass is 10.1. The smallest absolute Gasteiger partial charge is 0.255 e. The van der Waals surface area contributed by atoms with Gasteiger partial charge in [0.25, 0.3) is 5.91 Å². The summed E-state index contributed by atoms with van der Waals surface area (Å²) in [5, 5.41) is 12.5. The maximum atomic E-state index is 11.9. The Labute approximate surface area is 101 Å². The molecule has 0 saturated heterocycles. The largest absolute Gasteiger partial charge is 0.507 e. The predicted octanol–water partition coefficient (Wildman–Crippen LogP) is 0.404. The number of hydrogen-bond donors (Lipinski definition) is 3. The summed E-state index contributed by atoms with van der Waals surface area (Å²) >= 11 is 0. The Morgan fingerprint density at radius 1 is 1.59 bits per heavy atom. The molecule has 5 nitrogen and oxygen atoms in total. The molecule has 1 aromatic carbocycles. The molecular formula is C12H18N2O3. The number of amides is 1. The molecule has 0 heterocycles. The van der Waals surface area contributed by atoms with Gasteiger partial charge in [-0.2, -0.15) is 0 Å². The van der Waals surface area contributed by atoms with Crippen molar-refractivity contribution in [2.24, 2.45) is 5.73 Å². The van der Waals surface area contributed by atoms with Crippen LogP contribution in [0.3, 0.4) is 0 Å². The number of hydrogen-bond acceptors (Lipinski definition) is 4. The highest BCUT2D eigenvalue weighted by molar-refractivity contribution is 5.97. The Balaban J connectivity index is 2.79. The lowest BCUT2D eigenvalue weighted by Gasteiger charge is -2.16. The number of phenols is 1. The fourth-order valence-corrected chi connectivity index (χ4v) is 1.48. The van der Waals surface area contributed by atoms with Gasteiger partial charge in [0.2, 0.25) is 0 Å². The molecule has 1 amide bonds. The Bertz CT molecular complexity index is 393. The molecule has 17 heavy (non-hydrogen) atoms. The number of methoxy groups -OCH3 is 1. The maximum Gasteiger partial charge on any atom is 0.255 e. The number of rotatable bonds is 5. The van der Waals surface area contributed by atoms with Crippen LogP contribution >= 0.6 is 0 Å². The van der Waals surface area contributed by atoms with Gasteiger partial charge in [0.1, 0.15) is 5.75 Å². The normalized spacial score (nSPS) is 12.2. The molecule has 0 aromatic heterocycles. The van der Waals surface area contributed by atoms with Gasteiger partial charge in [-0.25, -0.2) is 0 Å². The summed E-state index contributed by atoms with van der Waals surface area (Å²) in [6.07, 6.45) is 0.